The van der Waals surface area contributed by atoms with Gasteiger partial charge in [-0.1, -0.05) is 11.6 Å². The lowest BCUT2D eigenvalue weighted by molar-refractivity contribution is 1.29. The SMILES string of the molecule is Cc1ccnc(Cl)c1NBr. The molecule has 2 nitrogen and oxygen atoms in total. The summed E-state index contributed by atoms with van der Waals surface area (Å²) in [7, 11) is 0. The molecule has 0 aliphatic carbocycles. The Hall–Kier alpha value is -0.280. The molecule has 54 valence electrons. The Morgan fingerprint density at radius 1 is 1.70 bits per heavy atom. The van der Waals surface area contributed by atoms with Crippen molar-refractivity contribution in [2.24, 2.45) is 0 Å². The van der Waals surface area contributed by atoms with E-state index < -0.39 is 0 Å². The van der Waals surface area contributed by atoms with Gasteiger partial charge in [-0.3, -0.25) is 0 Å². The van der Waals surface area contributed by atoms with Gasteiger partial charge in [-0.05, 0) is 18.6 Å². The first-order valence-electron chi connectivity index (χ1n) is 2.73. The third-order valence-corrected chi connectivity index (χ3v) is 1.89. The number of halogens is 2. The Balaban J connectivity index is 3.17. The first-order chi connectivity index (χ1) is 4.75. The molecule has 1 heterocycles. The Labute approximate surface area is 72.9 Å². The van der Waals surface area contributed by atoms with Crippen LogP contribution in [0.25, 0.3) is 0 Å². The molecule has 0 saturated heterocycles. The number of aryl methyl sites for hydroxylation is 1. The number of anilines is 1. The zero-order valence-electron chi connectivity index (χ0n) is 5.36. The lowest BCUT2D eigenvalue weighted by Crippen LogP contribution is -1.87. The van der Waals surface area contributed by atoms with Gasteiger partial charge in [0.15, 0.2) is 5.15 Å². The number of pyridine rings is 1. The van der Waals surface area contributed by atoms with Crippen LogP contribution in [-0.2, 0) is 0 Å². The van der Waals surface area contributed by atoms with Crippen LogP contribution in [0.5, 0.6) is 0 Å². The third kappa shape index (κ3) is 1.41. The average molecular weight is 221 g/mol. The Kier molecular flexibility index (Phi) is 2.51. The predicted molar refractivity (Wildman–Crippen MR) is 46.5 cm³/mol. The topological polar surface area (TPSA) is 24.9 Å². The van der Waals surface area contributed by atoms with Crippen LogP contribution in [0, 0.1) is 6.92 Å². The maximum absolute atomic E-state index is 5.73. The van der Waals surface area contributed by atoms with Gasteiger partial charge in [0.25, 0.3) is 0 Å². The van der Waals surface area contributed by atoms with Crippen molar-refractivity contribution in [3.8, 4) is 0 Å². The minimum Gasteiger partial charge on any atom is -0.319 e. The van der Waals surface area contributed by atoms with Crippen molar-refractivity contribution in [2.75, 3.05) is 4.34 Å². The second-order valence-electron chi connectivity index (χ2n) is 1.89. The summed E-state index contributed by atoms with van der Waals surface area (Å²) < 4.78 is 2.78. The van der Waals surface area contributed by atoms with Gasteiger partial charge in [-0.15, -0.1) is 0 Å². The Morgan fingerprint density at radius 2 is 2.40 bits per heavy atom. The van der Waals surface area contributed by atoms with Crippen molar-refractivity contribution in [2.45, 2.75) is 6.92 Å². The van der Waals surface area contributed by atoms with Crippen LogP contribution in [0.3, 0.4) is 0 Å². The average Bonchev–Trinajstić information content (AvgIpc) is 1.88. The highest BCUT2D eigenvalue weighted by Crippen LogP contribution is 2.23. The summed E-state index contributed by atoms with van der Waals surface area (Å²) in [6.45, 7) is 1.96. The molecule has 0 saturated carbocycles. The van der Waals surface area contributed by atoms with E-state index in [0.717, 1.165) is 11.3 Å². The maximum Gasteiger partial charge on any atom is 0.153 e. The number of nitrogens with zero attached hydrogens (tertiary/aromatic N) is 1. The lowest BCUT2D eigenvalue weighted by atomic mass is 10.3. The molecular weight excluding hydrogens is 215 g/mol. The number of rotatable bonds is 1. The quantitative estimate of drug-likeness (QED) is 0.583. The summed E-state index contributed by atoms with van der Waals surface area (Å²) in [6.07, 6.45) is 1.67. The van der Waals surface area contributed by atoms with Gasteiger partial charge >= 0.3 is 0 Å². The highest BCUT2D eigenvalue weighted by atomic mass is 79.9. The van der Waals surface area contributed by atoms with Gasteiger partial charge in [0, 0.05) is 22.3 Å². The van der Waals surface area contributed by atoms with Crippen LogP contribution >= 0.6 is 27.7 Å². The Bertz CT molecular complexity index is 219. The number of aromatic nitrogens is 1. The monoisotopic (exact) mass is 220 g/mol. The van der Waals surface area contributed by atoms with E-state index in [2.05, 4.69) is 25.5 Å². The summed E-state index contributed by atoms with van der Waals surface area (Å²) in [4.78, 5) is 3.88. The smallest absolute Gasteiger partial charge is 0.153 e. The fourth-order valence-corrected chi connectivity index (χ4v) is 1.51. The second kappa shape index (κ2) is 3.21. The zero-order chi connectivity index (χ0) is 7.56. The minimum atomic E-state index is 0.483. The van der Waals surface area contributed by atoms with Gasteiger partial charge < -0.3 is 4.34 Å². The molecular formula is C6H6BrClN2. The van der Waals surface area contributed by atoms with E-state index in [9.17, 15) is 0 Å². The van der Waals surface area contributed by atoms with Gasteiger partial charge in [-0.2, -0.15) is 0 Å². The normalized spacial score (nSPS) is 9.50. The fraction of sp³-hybridized carbons (Fsp3) is 0.167. The molecule has 0 bridgehead atoms. The molecule has 4 heteroatoms. The summed E-state index contributed by atoms with van der Waals surface area (Å²) in [6, 6.07) is 1.88. The molecule has 0 aliphatic heterocycles. The van der Waals surface area contributed by atoms with Crippen LogP contribution in [0.1, 0.15) is 5.56 Å². The van der Waals surface area contributed by atoms with Crippen molar-refractivity contribution < 1.29 is 0 Å². The summed E-state index contributed by atoms with van der Waals surface area (Å²) in [5.74, 6) is 0. The molecule has 0 spiro atoms. The Morgan fingerprint density at radius 3 is 2.80 bits per heavy atom. The maximum atomic E-state index is 5.73. The van der Waals surface area contributed by atoms with E-state index in [0.29, 0.717) is 5.15 Å². The first kappa shape index (κ1) is 7.82. The third-order valence-electron chi connectivity index (χ3n) is 1.21. The molecule has 1 aromatic heterocycles. The highest BCUT2D eigenvalue weighted by molar-refractivity contribution is 9.10. The molecule has 0 unspecified atom stereocenters. The predicted octanol–water partition coefficient (Wildman–Crippen LogP) is 2.77. The van der Waals surface area contributed by atoms with Crippen molar-refractivity contribution in [3.63, 3.8) is 0 Å². The van der Waals surface area contributed by atoms with Gasteiger partial charge in [0.05, 0.1) is 5.69 Å². The molecule has 1 N–H and O–H groups in total. The van der Waals surface area contributed by atoms with E-state index in [1.54, 1.807) is 6.20 Å². The number of hydrogen-bond acceptors (Lipinski definition) is 2. The summed E-state index contributed by atoms with van der Waals surface area (Å²) >= 11 is 8.81. The van der Waals surface area contributed by atoms with Crippen LogP contribution in [-0.4, -0.2) is 4.98 Å². The van der Waals surface area contributed by atoms with Crippen molar-refractivity contribution >= 4 is 33.4 Å². The van der Waals surface area contributed by atoms with E-state index >= 15 is 0 Å². The molecule has 0 radical (unpaired) electrons. The molecule has 1 rings (SSSR count). The molecule has 1 aromatic rings. The van der Waals surface area contributed by atoms with Crippen LogP contribution in [0.4, 0.5) is 5.69 Å². The van der Waals surface area contributed by atoms with Gasteiger partial charge in [-0.25, -0.2) is 4.98 Å². The van der Waals surface area contributed by atoms with Crippen molar-refractivity contribution in [1.29, 1.82) is 0 Å². The van der Waals surface area contributed by atoms with Crippen LogP contribution in [0.15, 0.2) is 12.3 Å². The zero-order valence-corrected chi connectivity index (χ0v) is 7.70. The second-order valence-corrected chi connectivity index (χ2v) is 2.64. The lowest BCUT2D eigenvalue weighted by Gasteiger charge is -2.02. The van der Waals surface area contributed by atoms with E-state index in [1.807, 2.05) is 13.0 Å². The van der Waals surface area contributed by atoms with Gasteiger partial charge in [0.2, 0.25) is 0 Å². The van der Waals surface area contributed by atoms with E-state index in [4.69, 9.17) is 11.6 Å². The van der Waals surface area contributed by atoms with E-state index in [-0.39, 0.29) is 0 Å². The van der Waals surface area contributed by atoms with Crippen molar-refractivity contribution in [1.82, 2.24) is 4.98 Å². The summed E-state index contributed by atoms with van der Waals surface area (Å²) in [5.41, 5.74) is 1.89. The number of nitrogens with one attached hydrogen (secondary N) is 1. The van der Waals surface area contributed by atoms with E-state index in [1.165, 1.54) is 0 Å². The molecule has 0 aromatic carbocycles. The van der Waals surface area contributed by atoms with Crippen LogP contribution in [0.2, 0.25) is 5.15 Å². The largest absolute Gasteiger partial charge is 0.319 e. The molecule has 0 aliphatic rings. The minimum absolute atomic E-state index is 0.483. The first-order valence-corrected chi connectivity index (χ1v) is 3.90. The molecule has 10 heavy (non-hydrogen) atoms. The fourth-order valence-electron chi connectivity index (χ4n) is 0.639. The van der Waals surface area contributed by atoms with Crippen molar-refractivity contribution in [3.05, 3.63) is 23.0 Å². The molecule has 0 atom stereocenters. The highest BCUT2D eigenvalue weighted by Gasteiger charge is 2.00. The van der Waals surface area contributed by atoms with Gasteiger partial charge in [0.1, 0.15) is 0 Å². The number of hydrogen-bond donors (Lipinski definition) is 1. The molecule has 0 amide bonds. The summed E-state index contributed by atoms with van der Waals surface area (Å²) in [5, 5.41) is 0.483. The van der Waals surface area contributed by atoms with Crippen LogP contribution < -0.4 is 4.34 Å². The standard InChI is InChI=1S/C6H6BrClN2/c1-4-2-3-9-6(8)5(4)10-7/h2-3,10H,1H3. The molecule has 0 fully saturated rings.